The van der Waals surface area contributed by atoms with Crippen molar-refractivity contribution in [1.29, 1.82) is 0 Å². The minimum Gasteiger partial charge on any atom is -0.415 e. The van der Waals surface area contributed by atoms with Gasteiger partial charge in [-0.25, -0.2) is 0 Å². The number of benzene rings is 2. The molecule has 160 valence electrons. The molecule has 0 saturated carbocycles. The summed E-state index contributed by atoms with van der Waals surface area (Å²) < 4.78 is 95.8. The Morgan fingerprint density at radius 3 is 1.23 bits per heavy atom. The van der Waals surface area contributed by atoms with Crippen molar-refractivity contribution in [2.75, 3.05) is 0 Å². The molecule has 2 heterocycles. The Hall–Kier alpha value is -3.70. The van der Waals surface area contributed by atoms with Gasteiger partial charge in [-0.1, -0.05) is 36.4 Å². The molecule has 0 amide bonds. The Balaban J connectivity index is 1.68. The average molecular weight is 440 g/mol. The van der Waals surface area contributed by atoms with Gasteiger partial charge in [-0.2, -0.15) is 26.3 Å². The number of halogens is 6. The quantitative estimate of drug-likeness (QED) is 0.379. The van der Waals surface area contributed by atoms with Gasteiger partial charge in [-0.05, 0) is 24.3 Å². The van der Waals surface area contributed by atoms with Crippen LogP contribution in [0.3, 0.4) is 0 Å². The smallest absolute Gasteiger partial charge is 0.392 e. The second-order valence-corrected chi connectivity index (χ2v) is 6.28. The Kier molecular flexibility index (Phi) is 4.79. The van der Waals surface area contributed by atoms with Crippen LogP contribution in [0.25, 0.3) is 22.9 Å². The molecular formula is C19H10F6N4O2. The molecule has 0 aliphatic carbocycles. The summed E-state index contributed by atoms with van der Waals surface area (Å²) in [5.41, 5.74) is 0.271. The molecule has 0 bridgehead atoms. The number of nitrogens with zero attached hydrogens (tertiary/aromatic N) is 4. The zero-order chi connectivity index (χ0) is 22.3. The van der Waals surface area contributed by atoms with Crippen molar-refractivity contribution in [2.24, 2.45) is 0 Å². The average Bonchev–Trinajstić information content (AvgIpc) is 3.45. The Bertz CT molecular complexity index is 1090. The van der Waals surface area contributed by atoms with Gasteiger partial charge in [-0.3, -0.25) is 0 Å². The van der Waals surface area contributed by atoms with Crippen LogP contribution >= 0.6 is 0 Å². The zero-order valence-electron chi connectivity index (χ0n) is 15.1. The molecule has 0 fully saturated rings. The number of alkyl halides is 6. The lowest BCUT2D eigenvalue weighted by atomic mass is 10.0. The van der Waals surface area contributed by atoms with Crippen LogP contribution < -0.4 is 0 Å². The highest BCUT2D eigenvalue weighted by molar-refractivity contribution is 5.52. The summed E-state index contributed by atoms with van der Waals surface area (Å²) in [5.74, 6) is -22.2. The van der Waals surface area contributed by atoms with E-state index in [4.69, 9.17) is 0 Å². The van der Waals surface area contributed by atoms with Crippen LogP contribution in [-0.2, 0) is 11.8 Å². The molecule has 2 aromatic heterocycles. The maximum atomic E-state index is 14.5. The normalized spacial score (nSPS) is 12.8. The summed E-state index contributed by atoms with van der Waals surface area (Å²) in [5, 5.41) is 12.2. The van der Waals surface area contributed by atoms with E-state index >= 15 is 0 Å². The van der Waals surface area contributed by atoms with E-state index in [1.165, 1.54) is 48.5 Å². The van der Waals surface area contributed by atoms with E-state index in [2.05, 4.69) is 29.2 Å². The first-order valence-electron chi connectivity index (χ1n) is 8.57. The third-order valence-electron chi connectivity index (χ3n) is 4.22. The molecule has 0 N–H and O–H groups in total. The Morgan fingerprint density at radius 1 is 0.516 bits per heavy atom. The maximum Gasteiger partial charge on any atom is 0.392 e. The van der Waals surface area contributed by atoms with Crippen molar-refractivity contribution in [3.63, 3.8) is 0 Å². The van der Waals surface area contributed by atoms with E-state index in [0.717, 1.165) is 0 Å². The van der Waals surface area contributed by atoms with E-state index in [1.54, 1.807) is 12.1 Å². The SMILES string of the molecule is FC(F)(c1nnc(-c2ccccc2)o1)C(F)(F)C(F)(F)c1nnc(-c2ccccc2)o1. The number of hydrogen-bond donors (Lipinski definition) is 0. The molecular weight excluding hydrogens is 430 g/mol. The monoisotopic (exact) mass is 440 g/mol. The highest BCUT2D eigenvalue weighted by Gasteiger charge is 2.77. The lowest BCUT2D eigenvalue weighted by Crippen LogP contribution is -2.51. The first kappa shape index (κ1) is 20.6. The van der Waals surface area contributed by atoms with E-state index in [1.807, 2.05) is 0 Å². The molecule has 4 aromatic rings. The molecule has 2 aromatic carbocycles. The summed E-state index contributed by atoms with van der Waals surface area (Å²) in [6.45, 7) is 0. The van der Waals surface area contributed by atoms with Gasteiger partial charge in [0.05, 0.1) is 0 Å². The Morgan fingerprint density at radius 2 is 0.871 bits per heavy atom. The van der Waals surface area contributed by atoms with Crippen molar-refractivity contribution in [1.82, 2.24) is 20.4 Å². The van der Waals surface area contributed by atoms with Crippen molar-refractivity contribution < 1.29 is 35.2 Å². The highest BCUT2D eigenvalue weighted by Crippen LogP contribution is 2.55. The largest absolute Gasteiger partial charge is 0.415 e. The third kappa shape index (κ3) is 3.33. The first-order valence-corrected chi connectivity index (χ1v) is 8.57. The molecule has 0 spiro atoms. The molecule has 0 atom stereocenters. The van der Waals surface area contributed by atoms with Crippen LogP contribution in [0.5, 0.6) is 0 Å². The summed E-state index contributed by atoms with van der Waals surface area (Å²) in [7, 11) is 0. The highest BCUT2D eigenvalue weighted by atomic mass is 19.3. The predicted octanol–water partition coefficient (Wildman–Crippen LogP) is 5.31. The second kappa shape index (κ2) is 7.22. The van der Waals surface area contributed by atoms with E-state index < -0.39 is 41.3 Å². The molecule has 6 nitrogen and oxygen atoms in total. The fraction of sp³-hybridized carbons (Fsp3) is 0.158. The van der Waals surface area contributed by atoms with Crippen LogP contribution in [0, 0.1) is 0 Å². The van der Waals surface area contributed by atoms with Gasteiger partial charge in [-0.15, -0.1) is 20.4 Å². The summed E-state index contributed by atoms with van der Waals surface area (Å²) in [4.78, 5) is 0. The number of aromatic nitrogens is 4. The van der Waals surface area contributed by atoms with Crippen molar-refractivity contribution >= 4 is 0 Å². The molecule has 12 heteroatoms. The fourth-order valence-corrected chi connectivity index (χ4v) is 2.56. The van der Waals surface area contributed by atoms with Gasteiger partial charge < -0.3 is 8.83 Å². The van der Waals surface area contributed by atoms with Crippen molar-refractivity contribution in [3.05, 3.63) is 72.4 Å². The van der Waals surface area contributed by atoms with Crippen LogP contribution in [-0.4, -0.2) is 26.3 Å². The minimum atomic E-state index is -6.04. The minimum absolute atomic E-state index is 0.136. The summed E-state index contributed by atoms with van der Waals surface area (Å²) in [6.07, 6.45) is 0. The maximum absolute atomic E-state index is 14.5. The van der Waals surface area contributed by atoms with Crippen molar-refractivity contribution in [2.45, 2.75) is 17.8 Å². The molecule has 0 unspecified atom stereocenters. The first-order chi connectivity index (χ1) is 14.6. The van der Waals surface area contributed by atoms with Crippen LogP contribution in [0.4, 0.5) is 26.3 Å². The molecule has 0 radical (unpaired) electrons. The van der Waals surface area contributed by atoms with Gasteiger partial charge in [0.1, 0.15) is 0 Å². The lowest BCUT2D eigenvalue weighted by molar-refractivity contribution is -0.332. The summed E-state index contributed by atoms with van der Waals surface area (Å²) >= 11 is 0. The fourth-order valence-electron chi connectivity index (χ4n) is 2.56. The molecule has 31 heavy (non-hydrogen) atoms. The Labute approximate surface area is 169 Å². The summed E-state index contributed by atoms with van der Waals surface area (Å²) in [6, 6.07) is 14.7. The van der Waals surface area contributed by atoms with E-state index in [-0.39, 0.29) is 11.1 Å². The second-order valence-electron chi connectivity index (χ2n) is 6.28. The van der Waals surface area contributed by atoms with Crippen molar-refractivity contribution in [3.8, 4) is 22.9 Å². The lowest BCUT2D eigenvalue weighted by Gasteiger charge is -2.28. The molecule has 0 aliphatic heterocycles. The molecule has 4 rings (SSSR count). The van der Waals surface area contributed by atoms with Gasteiger partial charge >= 0.3 is 17.8 Å². The zero-order valence-corrected chi connectivity index (χ0v) is 15.1. The van der Waals surface area contributed by atoms with Gasteiger partial charge in [0.25, 0.3) is 11.8 Å². The van der Waals surface area contributed by atoms with Gasteiger partial charge in [0, 0.05) is 11.1 Å². The number of rotatable bonds is 6. The topological polar surface area (TPSA) is 77.8 Å². The molecule has 0 saturated heterocycles. The van der Waals surface area contributed by atoms with Crippen LogP contribution in [0.15, 0.2) is 69.5 Å². The predicted molar refractivity (Wildman–Crippen MR) is 92.2 cm³/mol. The third-order valence-corrected chi connectivity index (χ3v) is 4.22. The van der Waals surface area contributed by atoms with Crippen LogP contribution in [0.2, 0.25) is 0 Å². The molecule has 0 aliphatic rings. The number of hydrogen-bond acceptors (Lipinski definition) is 6. The van der Waals surface area contributed by atoms with Gasteiger partial charge in [0.15, 0.2) is 0 Å². The standard InChI is InChI=1S/C19H10F6N4O2/c20-17(21,15-28-26-13(30-15)11-7-3-1-4-8-11)19(24,25)18(22,23)16-29-27-14(31-16)12-9-5-2-6-10-12/h1-10H. The van der Waals surface area contributed by atoms with Gasteiger partial charge in [0.2, 0.25) is 11.8 Å². The van der Waals surface area contributed by atoms with E-state index in [9.17, 15) is 26.3 Å². The van der Waals surface area contributed by atoms with E-state index in [0.29, 0.717) is 0 Å². The van der Waals surface area contributed by atoms with Crippen LogP contribution in [0.1, 0.15) is 11.8 Å².